The third-order valence-electron chi connectivity index (χ3n) is 8.46. The highest BCUT2D eigenvalue weighted by Crippen LogP contribution is 2.40. The van der Waals surface area contributed by atoms with Crippen LogP contribution in [0.3, 0.4) is 0 Å². The predicted octanol–water partition coefficient (Wildman–Crippen LogP) is 4.68. The van der Waals surface area contributed by atoms with Gasteiger partial charge >= 0.3 is 0 Å². The molecule has 0 radical (unpaired) electrons. The van der Waals surface area contributed by atoms with E-state index in [9.17, 15) is 23.1 Å². The van der Waals surface area contributed by atoms with Crippen LogP contribution in [0.4, 0.5) is 4.39 Å². The third kappa shape index (κ3) is 5.30. The van der Waals surface area contributed by atoms with Gasteiger partial charge in [0.15, 0.2) is 0 Å². The van der Waals surface area contributed by atoms with Crippen LogP contribution >= 0.6 is 10.6 Å². The number of carbonyl (C=O) groups is 2. The van der Waals surface area contributed by atoms with Crippen LogP contribution in [0.25, 0.3) is 16.6 Å². The molecule has 10 heteroatoms. The minimum Gasteiger partial charge on any atom is -0.336 e. The Morgan fingerprint density at radius 3 is 2.10 bits per heavy atom. The van der Waals surface area contributed by atoms with Crippen molar-refractivity contribution in [1.82, 2.24) is 19.3 Å². The second-order valence-corrected chi connectivity index (χ2v) is 13.3. The van der Waals surface area contributed by atoms with Gasteiger partial charge in [-0.3, -0.25) is 23.6 Å². The molecule has 3 heterocycles. The van der Waals surface area contributed by atoms with Crippen molar-refractivity contribution >= 4 is 33.3 Å². The molecule has 2 amide bonds. The number of hydrogen-bond donors (Lipinski definition) is 2. The van der Waals surface area contributed by atoms with Crippen LogP contribution in [0.5, 0.6) is 0 Å². The predicted molar refractivity (Wildman–Crippen MR) is 151 cm³/mol. The number of amides is 2. The number of fused-ring (bicyclic) bond motifs is 1. The highest BCUT2D eigenvalue weighted by Gasteiger charge is 2.30. The minimum absolute atomic E-state index is 0.00776. The van der Waals surface area contributed by atoms with Gasteiger partial charge in [-0.15, -0.1) is 0 Å². The van der Waals surface area contributed by atoms with E-state index < -0.39 is 10.6 Å². The summed E-state index contributed by atoms with van der Waals surface area (Å²) >= 11 is 0. The van der Waals surface area contributed by atoms with Gasteiger partial charge < -0.3 is 14.4 Å². The maximum Gasteiger partial charge on any atom is 0.270 e. The van der Waals surface area contributed by atoms with Crippen molar-refractivity contribution in [1.29, 1.82) is 0 Å². The molecule has 1 aliphatic carbocycles. The van der Waals surface area contributed by atoms with Crippen LogP contribution in [0, 0.1) is 5.82 Å². The molecule has 0 spiro atoms. The second kappa shape index (κ2) is 10.6. The van der Waals surface area contributed by atoms with Crippen LogP contribution in [0.1, 0.15) is 46.5 Å². The molecular weight excluding hydrogens is 519 g/mol. The fraction of sp³-hybridized carbons (Fsp3) is 0.448. The molecule has 208 valence electrons. The Balaban J connectivity index is 1.29. The second-order valence-electron chi connectivity index (χ2n) is 10.9. The summed E-state index contributed by atoms with van der Waals surface area (Å²) in [5.74, 6) is -0.303. The zero-order valence-corrected chi connectivity index (χ0v) is 22.8. The zero-order chi connectivity index (χ0) is 27.1. The van der Waals surface area contributed by atoms with Crippen molar-refractivity contribution < 1.29 is 23.1 Å². The van der Waals surface area contributed by atoms with Gasteiger partial charge in [0.2, 0.25) is 0 Å². The van der Waals surface area contributed by atoms with E-state index in [2.05, 4.69) is 4.90 Å². The summed E-state index contributed by atoms with van der Waals surface area (Å²) in [6.45, 7) is 3.73. The standard InChI is InChI=1S/C29H35FN4O4S/c30-23-6-8-25(9-7-23)34-26-10-5-21(28(35)32-13-11-31(12-14-32)24-3-1-2-4-24)19-22(26)20-27(34)29(36)33-15-17-39(37,38)18-16-33/h5-10,19-20,24,37-38H,1-4,11-18H2. The summed E-state index contributed by atoms with van der Waals surface area (Å²) in [6, 6.07) is 13.9. The van der Waals surface area contributed by atoms with Crippen molar-refractivity contribution in [2.45, 2.75) is 31.7 Å². The summed E-state index contributed by atoms with van der Waals surface area (Å²) in [5.41, 5.74) is 2.36. The first kappa shape index (κ1) is 26.3. The lowest BCUT2D eigenvalue weighted by Crippen LogP contribution is -2.51. The van der Waals surface area contributed by atoms with Gasteiger partial charge in [-0.1, -0.05) is 12.8 Å². The van der Waals surface area contributed by atoms with Crippen molar-refractivity contribution in [2.75, 3.05) is 50.8 Å². The maximum atomic E-state index is 13.7. The third-order valence-corrected chi connectivity index (χ3v) is 10.1. The number of piperazine rings is 1. The summed E-state index contributed by atoms with van der Waals surface area (Å²) in [4.78, 5) is 33.2. The molecule has 3 aliphatic rings. The molecule has 6 rings (SSSR count). The van der Waals surface area contributed by atoms with Crippen LogP contribution in [0.2, 0.25) is 0 Å². The zero-order valence-electron chi connectivity index (χ0n) is 22.0. The lowest BCUT2D eigenvalue weighted by Gasteiger charge is -2.40. The van der Waals surface area contributed by atoms with Crippen molar-refractivity contribution in [2.24, 2.45) is 0 Å². The largest absolute Gasteiger partial charge is 0.336 e. The molecule has 2 aliphatic heterocycles. The number of benzene rings is 2. The van der Waals surface area contributed by atoms with Crippen LogP contribution < -0.4 is 0 Å². The molecule has 2 saturated heterocycles. The number of rotatable bonds is 4. The lowest BCUT2D eigenvalue weighted by atomic mass is 10.1. The van der Waals surface area contributed by atoms with E-state index in [4.69, 9.17) is 0 Å². The molecule has 3 fully saturated rings. The molecular formula is C29H35FN4O4S. The van der Waals surface area contributed by atoms with E-state index in [1.807, 2.05) is 17.0 Å². The fourth-order valence-electron chi connectivity index (χ4n) is 6.21. The van der Waals surface area contributed by atoms with Gasteiger partial charge in [0.1, 0.15) is 11.5 Å². The van der Waals surface area contributed by atoms with Gasteiger partial charge in [-0.25, -0.2) is 4.39 Å². The van der Waals surface area contributed by atoms with Crippen molar-refractivity contribution in [3.8, 4) is 5.69 Å². The van der Waals surface area contributed by atoms with E-state index in [0.717, 1.165) is 24.0 Å². The van der Waals surface area contributed by atoms with E-state index in [1.165, 1.54) is 37.8 Å². The summed E-state index contributed by atoms with van der Waals surface area (Å²) < 4.78 is 35.5. The molecule has 1 aromatic heterocycles. The maximum absolute atomic E-state index is 13.7. The number of nitrogens with zero attached hydrogens (tertiary/aromatic N) is 4. The van der Waals surface area contributed by atoms with Gasteiger partial charge in [-0.05, 0) is 61.4 Å². The summed E-state index contributed by atoms with van der Waals surface area (Å²) in [7, 11) is -2.64. The van der Waals surface area contributed by atoms with E-state index >= 15 is 0 Å². The molecule has 8 nitrogen and oxygen atoms in total. The topological polar surface area (TPSA) is 89.2 Å². The normalized spacial score (nSPS) is 21.4. The molecule has 2 N–H and O–H groups in total. The Labute approximate surface area is 229 Å². The fourth-order valence-corrected chi connectivity index (χ4v) is 7.44. The molecule has 39 heavy (non-hydrogen) atoms. The highest BCUT2D eigenvalue weighted by atomic mass is 32.3. The summed E-state index contributed by atoms with van der Waals surface area (Å²) in [6.07, 6.45) is 5.12. The smallest absolute Gasteiger partial charge is 0.270 e. The van der Waals surface area contributed by atoms with Gasteiger partial charge in [-0.2, -0.15) is 10.6 Å². The van der Waals surface area contributed by atoms with Crippen molar-refractivity contribution in [3.05, 3.63) is 65.6 Å². The Bertz CT molecular complexity index is 1370. The Kier molecular flexibility index (Phi) is 7.13. The Hall–Kier alpha value is -2.92. The average molecular weight is 555 g/mol. The first-order valence-electron chi connectivity index (χ1n) is 13.8. The average Bonchev–Trinajstić information content (AvgIpc) is 3.61. The molecule has 2 aromatic carbocycles. The Morgan fingerprint density at radius 1 is 0.795 bits per heavy atom. The number of halogens is 1. The minimum atomic E-state index is -2.64. The quantitative estimate of drug-likeness (QED) is 0.489. The first-order chi connectivity index (χ1) is 18.8. The van der Waals surface area contributed by atoms with Gasteiger partial charge in [0.05, 0.1) is 17.0 Å². The van der Waals surface area contributed by atoms with Gasteiger partial charge in [0, 0.05) is 61.9 Å². The molecule has 0 atom stereocenters. The molecule has 3 aromatic rings. The number of aromatic nitrogens is 1. The number of carbonyl (C=O) groups excluding carboxylic acids is 2. The van der Waals surface area contributed by atoms with Crippen LogP contribution in [0.15, 0.2) is 48.5 Å². The molecule has 0 unspecified atom stereocenters. The summed E-state index contributed by atoms with van der Waals surface area (Å²) in [5, 5.41) is 0.749. The lowest BCUT2D eigenvalue weighted by molar-refractivity contribution is 0.0573. The molecule has 0 bridgehead atoms. The SMILES string of the molecule is O=C(c1ccc2c(c1)cc(C(=O)N1CCS(O)(O)CC1)n2-c1ccc(F)cc1)N1CCN(C2CCCC2)CC1. The Morgan fingerprint density at radius 2 is 1.44 bits per heavy atom. The van der Waals surface area contributed by atoms with Crippen LogP contribution in [-0.4, -0.2) is 97.0 Å². The molecule has 1 saturated carbocycles. The van der Waals surface area contributed by atoms with E-state index in [-0.39, 0.29) is 42.2 Å². The van der Waals surface area contributed by atoms with Gasteiger partial charge in [0.25, 0.3) is 11.8 Å². The van der Waals surface area contributed by atoms with E-state index in [1.54, 1.807) is 33.7 Å². The van der Waals surface area contributed by atoms with Crippen LogP contribution in [-0.2, 0) is 0 Å². The monoisotopic (exact) mass is 554 g/mol. The van der Waals surface area contributed by atoms with E-state index in [0.29, 0.717) is 36.1 Å². The van der Waals surface area contributed by atoms with Crippen molar-refractivity contribution in [3.63, 3.8) is 0 Å². The first-order valence-corrected chi connectivity index (χ1v) is 15.7. The highest BCUT2D eigenvalue weighted by molar-refractivity contribution is 8.24. The number of hydrogen-bond acceptors (Lipinski definition) is 5.